The van der Waals surface area contributed by atoms with Gasteiger partial charge in [-0.3, -0.25) is 9.36 Å². The summed E-state index contributed by atoms with van der Waals surface area (Å²) in [6, 6.07) is 10.8. The molecule has 3 aromatic rings. The molecule has 0 bridgehead atoms. The zero-order valence-corrected chi connectivity index (χ0v) is 16.8. The lowest BCUT2D eigenvalue weighted by Crippen LogP contribution is -2.28. The Hall–Kier alpha value is -3.00. The SMILES string of the molecule is COc1cccc(NC(=O)CSc2nc(=O)n(Cc3ccco3)c3c2CCC3)c1. The molecule has 7 nitrogen and oxygen atoms in total. The lowest BCUT2D eigenvalue weighted by Gasteiger charge is -2.13. The van der Waals surface area contributed by atoms with Crippen LogP contribution < -0.4 is 15.7 Å². The van der Waals surface area contributed by atoms with E-state index in [2.05, 4.69) is 10.3 Å². The van der Waals surface area contributed by atoms with Crippen LogP contribution in [0.4, 0.5) is 5.69 Å². The number of ether oxygens (including phenoxy) is 1. The van der Waals surface area contributed by atoms with Gasteiger partial charge in [0.05, 0.1) is 25.7 Å². The second kappa shape index (κ2) is 8.57. The minimum absolute atomic E-state index is 0.156. The maximum Gasteiger partial charge on any atom is 0.349 e. The Morgan fingerprint density at radius 1 is 1.31 bits per heavy atom. The smallest absolute Gasteiger partial charge is 0.349 e. The van der Waals surface area contributed by atoms with Gasteiger partial charge >= 0.3 is 5.69 Å². The minimum Gasteiger partial charge on any atom is -0.497 e. The maximum atomic E-state index is 12.6. The van der Waals surface area contributed by atoms with Crippen molar-refractivity contribution in [2.45, 2.75) is 30.8 Å². The van der Waals surface area contributed by atoms with Crippen LogP contribution in [0.5, 0.6) is 5.75 Å². The summed E-state index contributed by atoms with van der Waals surface area (Å²) in [5.74, 6) is 1.42. The van der Waals surface area contributed by atoms with Crippen LogP contribution in [0.3, 0.4) is 0 Å². The first-order chi connectivity index (χ1) is 14.1. The number of methoxy groups -OCH3 is 1. The van der Waals surface area contributed by atoms with Gasteiger partial charge < -0.3 is 14.5 Å². The Kier molecular flexibility index (Phi) is 5.71. The first kappa shape index (κ1) is 19.3. The Labute approximate surface area is 172 Å². The van der Waals surface area contributed by atoms with Crippen LogP contribution in [0, 0.1) is 0 Å². The van der Waals surface area contributed by atoms with Crippen LogP contribution in [0.25, 0.3) is 0 Å². The van der Waals surface area contributed by atoms with E-state index in [0.29, 0.717) is 23.0 Å². The molecule has 1 aliphatic rings. The quantitative estimate of drug-likeness (QED) is 0.475. The van der Waals surface area contributed by atoms with E-state index < -0.39 is 0 Å². The average Bonchev–Trinajstić information content (AvgIpc) is 3.41. The van der Waals surface area contributed by atoms with E-state index >= 15 is 0 Å². The van der Waals surface area contributed by atoms with Crippen molar-refractivity contribution in [3.05, 3.63) is 70.2 Å². The number of nitrogens with one attached hydrogen (secondary N) is 1. The first-order valence-corrected chi connectivity index (χ1v) is 10.3. The van der Waals surface area contributed by atoms with Crippen LogP contribution in [0.15, 0.2) is 56.9 Å². The molecule has 0 atom stereocenters. The lowest BCUT2D eigenvalue weighted by molar-refractivity contribution is -0.113. The number of anilines is 1. The minimum atomic E-state index is -0.308. The van der Waals surface area contributed by atoms with Gasteiger partial charge in [-0.15, -0.1) is 0 Å². The number of carbonyl (C=O) groups is 1. The summed E-state index contributed by atoms with van der Waals surface area (Å²) in [7, 11) is 1.58. The van der Waals surface area contributed by atoms with E-state index in [0.717, 1.165) is 36.3 Å². The molecule has 2 aromatic heterocycles. The number of benzene rings is 1. The molecule has 4 rings (SSSR count). The average molecular weight is 411 g/mol. The van der Waals surface area contributed by atoms with Crippen molar-refractivity contribution >= 4 is 23.4 Å². The molecule has 0 saturated heterocycles. The molecule has 29 heavy (non-hydrogen) atoms. The number of fused-ring (bicyclic) bond motifs is 1. The number of hydrogen-bond donors (Lipinski definition) is 1. The molecule has 0 saturated carbocycles. The summed E-state index contributed by atoms with van der Waals surface area (Å²) in [4.78, 5) is 29.2. The molecule has 150 valence electrons. The summed E-state index contributed by atoms with van der Waals surface area (Å²) in [6.45, 7) is 0.377. The zero-order chi connectivity index (χ0) is 20.2. The molecule has 0 radical (unpaired) electrons. The number of rotatable bonds is 7. The predicted octanol–water partition coefficient (Wildman–Crippen LogP) is 3.11. The second-order valence-corrected chi connectivity index (χ2v) is 7.68. The summed E-state index contributed by atoms with van der Waals surface area (Å²) < 4.78 is 12.2. The number of aromatic nitrogens is 2. The fourth-order valence-electron chi connectivity index (χ4n) is 3.46. The van der Waals surface area contributed by atoms with Gasteiger partial charge in [-0.05, 0) is 43.5 Å². The summed E-state index contributed by atoms with van der Waals surface area (Å²) >= 11 is 1.30. The van der Waals surface area contributed by atoms with Gasteiger partial charge in [-0.1, -0.05) is 17.8 Å². The Balaban J connectivity index is 1.48. The zero-order valence-electron chi connectivity index (χ0n) is 16.0. The molecule has 0 unspecified atom stereocenters. The highest BCUT2D eigenvalue weighted by molar-refractivity contribution is 8.00. The Morgan fingerprint density at radius 3 is 3.00 bits per heavy atom. The number of hydrogen-bond acceptors (Lipinski definition) is 6. The maximum absolute atomic E-state index is 12.6. The van der Waals surface area contributed by atoms with Crippen LogP contribution in [-0.2, 0) is 24.2 Å². The van der Waals surface area contributed by atoms with E-state index in [-0.39, 0.29) is 17.3 Å². The van der Waals surface area contributed by atoms with Gasteiger partial charge in [0, 0.05) is 23.0 Å². The Morgan fingerprint density at radius 2 is 2.21 bits per heavy atom. The van der Waals surface area contributed by atoms with Crippen molar-refractivity contribution in [2.75, 3.05) is 18.2 Å². The molecular weight excluding hydrogens is 390 g/mol. The van der Waals surface area contributed by atoms with Crippen molar-refractivity contribution in [1.82, 2.24) is 9.55 Å². The number of nitrogens with zero attached hydrogens (tertiary/aromatic N) is 2. The molecule has 0 spiro atoms. The highest BCUT2D eigenvalue weighted by Crippen LogP contribution is 2.29. The molecule has 0 fully saturated rings. The van der Waals surface area contributed by atoms with Crippen molar-refractivity contribution in [3.63, 3.8) is 0 Å². The fourth-order valence-corrected chi connectivity index (χ4v) is 4.34. The summed E-state index contributed by atoms with van der Waals surface area (Å²) in [6.07, 6.45) is 4.26. The molecule has 1 N–H and O–H groups in total. The monoisotopic (exact) mass is 411 g/mol. The van der Waals surface area contributed by atoms with Gasteiger partial charge in [-0.2, -0.15) is 4.98 Å². The van der Waals surface area contributed by atoms with Gasteiger partial charge in [0.1, 0.15) is 16.5 Å². The molecule has 1 aromatic carbocycles. The van der Waals surface area contributed by atoms with E-state index in [1.165, 1.54) is 11.8 Å². The van der Waals surface area contributed by atoms with E-state index in [1.807, 2.05) is 18.2 Å². The van der Waals surface area contributed by atoms with Crippen molar-refractivity contribution in [1.29, 1.82) is 0 Å². The lowest BCUT2D eigenvalue weighted by atomic mass is 10.2. The number of thioether (sulfide) groups is 1. The van der Waals surface area contributed by atoms with Crippen molar-refractivity contribution < 1.29 is 13.9 Å². The molecule has 2 heterocycles. The number of carbonyl (C=O) groups excluding carboxylic acids is 1. The van der Waals surface area contributed by atoms with E-state index in [4.69, 9.17) is 9.15 Å². The third kappa shape index (κ3) is 4.37. The van der Waals surface area contributed by atoms with Crippen LogP contribution in [0.1, 0.15) is 23.4 Å². The van der Waals surface area contributed by atoms with Gasteiger partial charge in [0.25, 0.3) is 0 Å². The van der Waals surface area contributed by atoms with Crippen molar-refractivity contribution in [2.24, 2.45) is 0 Å². The van der Waals surface area contributed by atoms with Crippen molar-refractivity contribution in [3.8, 4) is 5.75 Å². The third-order valence-corrected chi connectivity index (χ3v) is 5.81. The highest BCUT2D eigenvalue weighted by atomic mass is 32.2. The summed E-state index contributed by atoms with van der Waals surface area (Å²) in [5, 5.41) is 3.50. The molecule has 0 aliphatic heterocycles. The van der Waals surface area contributed by atoms with Crippen LogP contribution in [0.2, 0.25) is 0 Å². The number of amides is 1. The topological polar surface area (TPSA) is 86.4 Å². The number of furan rings is 1. The fraction of sp³-hybridized carbons (Fsp3) is 0.286. The standard InChI is InChI=1S/C21H21N3O4S/c1-27-15-6-2-5-14(11-15)22-19(25)13-29-20-17-8-3-9-18(17)24(21(26)23-20)12-16-7-4-10-28-16/h2,4-7,10-11H,3,8-9,12-13H2,1H3,(H,22,25). The second-order valence-electron chi connectivity index (χ2n) is 6.71. The first-order valence-electron chi connectivity index (χ1n) is 9.35. The van der Waals surface area contributed by atoms with Gasteiger partial charge in [0.2, 0.25) is 5.91 Å². The molecular formula is C21H21N3O4S. The highest BCUT2D eigenvalue weighted by Gasteiger charge is 2.23. The molecule has 8 heteroatoms. The molecule has 1 aliphatic carbocycles. The Bertz CT molecular complexity index is 1080. The normalized spacial score (nSPS) is 12.6. The van der Waals surface area contributed by atoms with Crippen LogP contribution >= 0.6 is 11.8 Å². The molecule has 1 amide bonds. The van der Waals surface area contributed by atoms with Gasteiger partial charge in [-0.25, -0.2) is 4.79 Å². The predicted molar refractivity (Wildman–Crippen MR) is 111 cm³/mol. The van der Waals surface area contributed by atoms with Gasteiger partial charge in [0.15, 0.2) is 0 Å². The van der Waals surface area contributed by atoms with E-state index in [1.54, 1.807) is 36.1 Å². The van der Waals surface area contributed by atoms with Crippen LogP contribution in [-0.4, -0.2) is 28.3 Å². The summed E-state index contributed by atoms with van der Waals surface area (Å²) in [5.41, 5.74) is 2.42. The van der Waals surface area contributed by atoms with E-state index in [9.17, 15) is 9.59 Å². The largest absolute Gasteiger partial charge is 0.497 e. The third-order valence-electron chi connectivity index (χ3n) is 4.79.